The molecule has 1 heterocycles. The Balaban J connectivity index is 1.75. The van der Waals surface area contributed by atoms with Crippen molar-refractivity contribution < 1.29 is 14.4 Å². The van der Waals surface area contributed by atoms with Crippen LogP contribution in [0.25, 0.3) is 0 Å². The fourth-order valence-electron chi connectivity index (χ4n) is 2.98. The van der Waals surface area contributed by atoms with Crippen LogP contribution in [0.5, 0.6) is 0 Å². The molecule has 0 spiro atoms. The monoisotopic (exact) mass is 364 g/mol. The van der Waals surface area contributed by atoms with E-state index in [1.807, 2.05) is 51.1 Å². The highest BCUT2D eigenvalue weighted by Gasteiger charge is 2.35. The first kappa shape index (κ1) is 18.8. The first-order valence-electron chi connectivity index (χ1n) is 9.23. The second-order valence-corrected chi connectivity index (χ2v) is 7.26. The van der Waals surface area contributed by atoms with Crippen molar-refractivity contribution in [2.24, 2.45) is 5.92 Å². The third-order valence-corrected chi connectivity index (χ3v) is 5.06. The fourth-order valence-corrected chi connectivity index (χ4v) is 2.98. The van der Waals surface area contributed by atoms with Gasteiger partial charge in [-0.05, 0) is 43.0 Å². The van der Waals surface area contributed by atoms with Gasteiger partial charge in [0, 0.05) is 18.2 Å². The number of amides is 3. The molecule has 2 aromatic carbocycles. The van der Waals surface area contributed by atoms with Crippen LogP contribution < -0.4 is 5.32 Å². The Bertz CT molecular complexity index is 874. The normalized spacial score (nSPS) is 14.4. The number of fused-ring (bicyclic) bond motifs is 1. The predicted molar refractivity (Wildman–Crippen MR) is 104 cm³/mol. The summed E-state index contributed by atoms with van der Waals surface area (Å²) in [6, 6.07) is 14.5. The van der Waals surface area contributed by atoms with Gasteiger partial charge in [0.05, 0.1) is 11.1 Å². The van der Waals surface area contributed by atoms with Crippen molar-refractivity contribution in [3.8, 4) is 0 Å². The Morgan fingerprint density at radius 3 is 2.30 bits per heavy atom. The van der Waals surface area contributed by atoms with Gasteiger partial charge in [-0.3, -0.25) is 19.3 Å². The molecular formula is C22H24N2O3. The molecule has 2 aromatic rings. The molecule has 0 fully saturated rings. The Kier molecular flexibility index (Phi) is 5.40. The quantitative estimate of drug-likeness (QED) is 0.800. The van der Waals surface area contributed by atoms with E-state index >= 15 is 0 Å². The SMILES string of the molecule is CC(C)C(C)NC(=O)c1ccc2c(c1)C(=O)N(CCc1ccccc1)C2=O. The second kappa shape index (κ2) is 7.74. The van der Waals surface area contributed by atoms with Crippen LogP contribution in [0.2, 0.25) is 0 Å². The van der Waals surface area contributed by atoms with Crippen molar-refractivity contribution >= 4 is 17.7 Å². The van der Waals surface area contributed by atoms with E-state index in [9.17, 15) is 14.4 Å². The van der Waals surface area contributed by atoms with Gasteiger partial charge in [-0.1, -0.05) is 44.2 Å². The highest BCUT2D eigenvalue weighted by atomic mass is 16.2. The molecule has 27 heavy (non-hydrogen) atoms. The lowest BCUT2D eigenvalue weighted by Crippen LogP contribution is -2.36. The van der Waals surface area contributed by atoms with Gasteiger partial charge in [-0.25, -0.2) is 0 Å². The summed E-state index contributed by atoms with van der Waals surface area (Å²) in [6.07, 6.45) is 0.603. The molecule has 1 N–H and O–H groups in total. The Morgan fingerprint density at radius 1 is 0.963 bits per heavy atom. The number of carbonyl (C=O) groups excluding carboxylic acids is 3. The molecule has 5 nitrogen and oxygen atoms in total. The molecule has 1 atom stereocenters. The first-order valence-corrected chi connectivity index (χ1v) is 9.23. The van der Waals surface area contributed by atoms with Gasteiger partial charge in [-0.2, -0.15) is 0 Å². The van der Waals surface area contributed by atoms with Crippen molar-refractivity contribution in [1.82, 2.24) is 10.2 Å². The van der Waals surface area contributed by atoms with E-state index in [4.69, 9.17) is 0 Å². The largest absolute Gasteiger partial charge is 0.349 e. The van der Waals surface area contributed by atoms with Crippen LogP contribution in [0, 0.1) is 5.92 Å². The zero-order chi connectivity index (χ0) is 19.6. The van der Waals surface area contributed by atoms with Gasteiger partial charge in [-0.15, -0.1) is 0 Å². The Labute approximate surface area is 159 Å². The minimum atomic E-state index is -0.336. The van der Waals surface area contributed by atoms with Crippen molar-refractivity contribution in [3.05, 3.63) is 70.8 Å². The van der Waals surface area contributed by atoms with Crippen molar-refractivity contribution in [1.29, 1.82) is 0 Å². The molecule has 0 aromatic heterocycles. The predicted octanol–water partition coefficient (Wildman–Crippen LogP) is 3.30. The topological polar surface area (TPSA) is 66.5 Å². The Morgan fingerprint density at radius 2 is 1.63 bits per heavy atom. The first-order chi connectivity index (χ1) is 12.9. The smallest absolute Gasteiger partial charge is 0.261 e. The molecule has 1 unspecified atom stereocenters. The third kappa shape index (κ3) is 3.92. The van der Waals surface area contributed by atoms with Gasteiger partial charge in [0.25, 0.3) is 17.7 Å². The van der Waals surface area contributed by atoms with Crippen LogP contribution >= 0.6 is 0 Å². The van der Waals surface area contributed by atoms with Gasteiger partial charge in [0.15, 0.2) is 0 Å². The third-order valence-electron chi connectivity index (χ3n) is 5.06. The maximum absolute atomic E-state index is 12.7. The average molecular weight is 364 g/mol. The number of hydrogen-bond acceptors (Lipinski definition) is 3. The van der Waals surface area contributed by atoms with Crippen LogP contribution in [-0.2, 0) is 6.42 Å². The molecule has 140 valence electrons. The maximum atomic E-state index is 12.7. The molecule has 3 amide bonds. The number of benzene rings is 2. The van der Waals surface area contributed by atoms with Crippen molar-refractivity contribution in [3.63, 3.8) is 0 Å². The number of rotatable bonds is 6. The van der Waals surface area contributed by atoms with Crippen molar-refractivity contribution in [2.75, 3.05) is 6.54 Å². The summed E-state index contributed by atoms with van der Waals surface area (Å²) in [5, 5.41) is 2.92. The zero-order valence-electron chi connectivity index (χ0n) is 15.9. The number of imide groups is 1. The van der Waals surface area contributed by atoms with Crippen LogP contribution in [0.1, 0.15) is 57.4 Å². The highest BCUT2D eigenvalue weighted by Crippen LogP contribution is 2.24. The van der Waals surface area contributed by atoms with Crippen LogP contribution in [0.15, 0.2) is 48.5 Å². The summed E-state index contributed by atoms with van der Waals surface area (Å²) in [6.45, 7) is 6.32. The Hall–Kier alpha value is -2.95. The van der Waals surface area contributed by atoms with Gasteiger partial charge >= 0.3 is 0 Å². The molecule has 0 bridgehead atoms. The van der Waals surface area contributed by atoms with Gasteiger partial charge < -0.3 is 5.32 Å². The van der Waals surface area contributed by atoms with Gasteiger partial charge in [0.2, 0.25) is 0 Å². The average Bonchev–Trinajstić information content (AvgIpc) is 2.90. The van der Waals surface area contributed by atoms with E-state index in [0.29, 0.717) is 35.6 Å². The van der Waals surface area contributed by atoms with E-state index in [0.717, 1.165) is 5.56 Å². The van der Waals surface area contributed by atoms with Crippen molar-refractivity contribution in [2.45, 2.75) is 33.2 Å². The number of nitrogens with one attached hydrogen (secondary N) is 1. The summed E-state index contributed by atoms with van der Waals surface area (Å²) in [7, 11) is 0. The maximum Gasteiger partial charge on any atom is 0.261 e. The lowest BCUT2D eigenvalue weighted by Gasteiger charge is -2.17. The van der Waals surface area contributed by atoms with Crippen LogP contribution in [-0.4, -0.2) is 35.2 Å². The minimum absolute atomic E-state index is 0.0189. The summed E-state index contributed by atoms with van der Waals surface area (Å²) in [4.78, 5) is 39.0. The molecule has 5 heteroatoms. The lowest BCUT2D eigenvalue weighted by atomic mass is 10.0. The highest BCUT2D eigenvalue weighted by molar-refractivity contribution is 6.22. The van der Waals surface area contributed by atoms with Crippen LogP contribution in [0.4, 0.5) is 0 Å². The number of hydrogen-bond donors (Lipinski definition) is 1. The van der Waals surface area contributed by atoms with E-state index in [-0.39, 0.29) is 23.8 Å². The standard InChI is InChI=1S/C22H24N2O3/c1-14(2)15(3)23-20(25)17-9-10-18-19(13-17)22(27)24(21(18)26)12-11-16-7-5-4-6-8-16/h4-10,13-15H,11-12H2,1-3H3,(H,23,25). The molecule has 0 aliphatic carbocycles. The summed E-state index contributed by atoms with van der Waals surface area (Å²) >= 11 is 0. The number of carbonyl (C=O) groups is 3. The second-order valence-electron chi connectivity index (χ2n) is 7.26. The zero-order valence-corrected chi connectivity index (χ0v) is 15.9. The fraction of sp³-hybridized carbons (Fsp3) is 0.318. The molecule has 0 radical (unpaired) electrons. The van der Waals surface area contributed by atoms with Gasteiger partial charge in [0.1, 0.15) is 0 Å². The molecule has 1 aliphatic rings. The molecular weight excluding hydrogens is 340 g/mol. The summed E-state index contributed by atoms with van der Waals surface area (Å²) in [5.41, 5.74) is 2.13. The molecule has 0 saturated carbocycles. The van der Waals surface area contributed by atoms with E-state index in [1.165, 1.54) is 11.0 Å². The lowest BCUT2D eigenvalue weighted by molar-refractivity contribution is 0.0656. The molecule has 1 aliphatic heterocycles. The minimum Gasteiger partial charge on any atom is -0.349 e. The number of nitrogens with zero attached hydrogens (tertiary/aromatic N) is 1. The van der Waals surface area contributed by atoms with Crippen LogP contribution in [0.3, 0.4) is 0 Å². The van der Waals surface area contributed by atoms with E-state index in [1.54, 1.807) is 12.1 Å². The van der Waals surface area contributed by atoms with E-state index in [2.05, 4.69) is 5.32 Å². The molecule has 0 saturated heterocycles. The molecule has 3 rings (SSSR count). The summed E-state index contributed by atoms with van der Waals surface area (Å²) < 4.78 is 0. The summed E-state index contributed by atoms with van der Waals surface area (Å²) in [5.74, 6) is -0.562. The van der Waals surface area contributed by atoms with E-state index < -0.39 is 0 Å².